The Labute approximate surface area is 70.3 Å². The number of halogens is 3. The zero-order valence-electron chi connectivity index (χ0n) is 5.80. The second-order valence-electron chi connectivity index (χ2n) is 2.41. The maximum absolute atomic E-state index is 11.9. The molecule has 0 aromatic heterocycles. The van der Waals surface area contributed by atoms with E-state index in [0.717, 1.165) is 5.32 Å². The number of alkyl halides is 3. The van der Waals surface area contributed by atoms with Gasteiger partial charge in [-0.2, -0.15) is 13.2 Å². The van der Waals surface area contributed by atoms with Gasteiger partial charge in [0.15, 0.2) is 0 Å². The van der Waals surface area contributed by atoms with Crippen molar-refractivity contribution in [2.24, 2.45) is 0 Å². The molecule has 0 bridgehead atoms. The molecule has 1 aliphatic rings. The number of quaternary nitrogens is 1. The van der Waals surface area contributed by atoms with Crippen molar-refractivity contribution in [3.8, 4) is 0 Å². The number of nitrogens with two attached hydrogens (primary N) is 1. The van der Waals surface area contributed by atoms with Crippen LogP contribution in [0.15, 0.2) is 0 Å². The summed E-state index contributed by atoms with van der Waals surface area (Å²) in [6.45, 7) is 0. The molecule has 0 saturated carbocycles. The number of aliphatic carboxylic acids is 1. The predicted octanol–water partition coefficient (Wildman–Crippen LogP) is -1.70. The molecular formula is C5H6F3NO2S. The summed E-state index contributed by atoms with van der Waals surface area (Å²) in [6.07, 6.45) is -4.34. The average molecular weight is 201 g/mol. The van der Waals surface area contributed by atoms with Gasteiger partial charge in [0.25, 0.3) is 0 Å². The molecular weight excluding hydrogens is 195 g/mol. The van der Waals surface area contributed by atoms with E-state index in [1.165, 1.54) is 0 Å². The molecule has 0 radical (unpaired) electrons. The average Bonchev–Trinajstić information content (AvgIpc) is 2.30. The van der Waals surface area contributed by atoms with Gasteiger partial charge in [0.2, 0.25) is 5.37 Å². The van der Waals surface area contributed by atoms with Crippen LogP contribution in [0.4, 0.5) is 13.2 Å². The predicted molar refractivity (Wildman–Crippen MR) is 33.0 cm³/mol. The van der Waals surface area contributed by atoms with E-state index in [0.29, 0.717) is 11.8 Å². The van der Waals surface area contributed by atoms with E-state index >= 15 is 0 Å². The smallest absolute Gasteiger partial charge is 0.451 e. The quantitative estimate of drug-likeness (QED) is 0.550. The minimum Gasteiger partial charge on any atom is -0.544 e. The minimum atomic E-state index is -4.34. The van der Waals surface area contributed by atoms with Crippen LogP contribution in [-0.4, -0.2) is 29.3 Å². The lowest BCUT2D eigenvalue weighted by Gasteiger charge is -2.12. The second kappa shape index (κ2) is 3.14. The highest BCUT2D eigenvalue weighted by atomic mass is 32.2. The molecule has 0 aliphatic carbocycles. The summed E-state index contributed by atoms with van der Waals surface area (Å²) in [5, 5.41) is 9.28. The van der Waals surface area contributed by atoms with Gasteiger partial charge in [-0.1, -0.05) is 11.8 Å². The molecule has 1 aliphatic heterocycles. The molecule has 2 atom stereocenters. The third-order valence-electron chi connectivity index (χ3n) is 1.49. The number of hydrogen-bond donors (Lipinski definition) is 1. The second-order valence-corrected chi connectivity index (χ2v) is 3.59. The Morgan fingerprint density at radius 3 is 2.42 bits per heavy atom. The molecule has 0 spiro atoms. The van der Waals surface area contributed by atoms with Crippen molar-refractivity contribution < 1.29 is 28.4 Å². The Morgan fingerprint density at radius 2 is 2.17 bits per heavy atom. The van der Waals surface area contributed by atoms with Crippen LogP contribution in [0, 0.1) is 0 Å². The van der Waals surface area contributed by atoms with Gasteiger partial charge >= 0.3 is 6.18 Å². The van der Waals surface area contributed by atoms with Gasteiger partial charge < -0.3 is 15.2 Å². The largest absolute Gasteiger partial charge is 0.544 e. The fourth-order valence-corrected chi connectivity index (χ4v) is 2.03. The Morgan fingerprint density at radius 1 is 1.58 bits per heavy atom. The van der Waals surface area contributed by atoms with Crippen molar-refractivity contribution in [1.29, 1.82) is 0 Å². The molecule has 2 N–H and O–H groups in total. The van der Waals surface area contributed by atoms with Crippen molar-refractivity contribution in [2.75, 3.05) is 5.75 Å². The monoisotopic (exact) mass is 201 g/mol. The summed E-state index contributed by atoms with van der Waals surface area (Å²) in [5.41, 5.74) is 0. The molecule has 1 rings (SSSR count). The van der Waals surface area contributed by atoms with E-state index in [9.17, 15) is 23.1 Å². The summed E-state index contributed by atoms with van der Waals surface area (Å²) in [4.78, 5) is 10.2. The number of carbonyl (C=O) groups is 1. The number of hydrogen-bond acceptors (Lipinski definition) is 3. The Kier molecular flexibility index (Phi) is 2.52. The fourth-order valence-electron chi connectivity index (χ4n) is 0.880. The van der Waals surface area contributed by atoms with Crippen molar-refractivity contribution in [2.45, 2.75) is 17.6 Å². The molecule has 7 heteroatoms. The van der Waals surface area contributed by atoms with Crippen molar-refractivity contribution >= 4 is 17.7 Å². The van der Waals surface area contributed by atoms with E-state index < -0.39 is 23.6 Å². The van der Waals surface area contributed by atoms with Crippen molar-refractivity contribution in [3.63, 3.8) is 0 Å². The standard InChI is InChI=1S/C5H6F3NO2S/c6-5(7,8)4-9-2(1-12-4)3(10)11/h2,4,9H,1H2,(H,10,11)/t2-,4+/m0/s1. The number of carbonyl (C=O) groups excluding carboxylic acids is 1. The summed E-state index contributed by atoms with van der Waals surface area (Å²) in [6, 6.07) is -1.07. The first kappa shape index (κ1) is 9.66. The van der Waals surface area contributed by atoms with Gasteiger partial charge in [0, 0.05) is 0 Å². The van der Waals surface area contributed by atoms with Crippen LogP contribution < -0.4 is 10.4 Å². The Bertz CT molecular complexity index is 196. The number of thioether (sulfide) groups is 1. The maximum Gasteiger partial charge on any atom is 0.451 e. The number of carboxylic acid groups (broad SMARTS) is 1. The van der Waals surface area contributed by atoms with Gasteiger partial charge in [0.05, 0.1) is 5.75 Å². The molecule has 0 amide bonds. The molecule has 0 aromatic carbocycles. The van der Waals surface area contributed by atoms with Crippen LogP contribution in [0.2, 0.25) is 0 Å². The first-order valence-electron chi connectivity index (χ1n) is 3.15. The summed E-state index contributed by atoms with van der Waals surface area (Å²) < 4.78 is 35.8. The van der Waals surface area contributed by atoms with Gasteiger partial charge in [-0.3, -0.25) is 0 Å². The highest BCUT2D eigenvalue weighted by Crippen LogP contribution is 2.28. The van der Waals surface area contributed by atoms with Gasteiger partial charge in [-0.15, -0.1) is 0 Å². The van der Waals surface area contributed by atoms with Crippen LogP contribution in [0.3, 0.4) is 0 Å². The van der Waals surface area contributed by atoms with Gasteiger partial charge in [0.1, 0.15) is 12.0 Å². The Balaban J connectivity index is 2.51. The lowest BCUT2D eigenvalue weighted by Crippen LogP contribution is -2.96. The van der Waals surface area contributed by atoms with E-state index in [4.69, 9.17) is 0 Å². The molecule has 70 valence electrons. The van der Waals surface area contributed by atoms with E-state index in [1.807, 2.05) is 0 Å². The fraction of sp³-hybridized carbons (Fsp3) is 0.800. The molecule has 12 heavy (non-hydrogen) atoms. The number of rotatable bonds is 1. The SMILES string of the molecule is O=C([O-])[C@@H]1CS[C@H](C(F)(F)F)[NH2+]1. The van der Waals surface area contributed by atoms with Crippen LogP contribution >= 0.6 is 11.8 Å². The van der Waals surface area contributed by atoms with Gasteiger partial charge in [-0.05, 0) is 0 Å². The molecule has 1 fully saturated rings. The lowest BCUT2D eigenvalue weighted by molar-refractivity contribution is -0.704. The van der Waals surface area contributed by atoms with E-state index in [2.05, 4.69) is 0 Å². The zero-order chi connectivity index (χ0) is 9.35. The van der Waals surface area contributed by atoms with Crippen LogP contribution in [-0.2, 0) is 4.79 Å². The highest BCUT2D eigenvalue weighted by Gasteiger charge is 2.49. The summed E-state index contributed by atoms with van der Waals surface area (Å²) in [5.74, 6) is -1.48. The summed E-state index contributed by atoms with van der Waals surface area (Å²) >= 11 is 0.584. The van der Waals surface area contributed by atoms with Gasteiger partial charge in [-0.25, -0.2) is 0 Å². The normalized spacial score (nSPS) is 30.6. The van der Waals surface area contributed by atoms with Crippen LogP contribution in [0.25, 0.3) is 0 Å². The highest BCUT2D eigenvalue weighted by molar-refractivity contribution is 8.00. The first-order valence-corrected chi connectivity index (χ1v) is 4.20. The van der Waals surface area contributed by atoms with Crippen molar-refractivity contribution in [1.82, 2.24) is 0 Å². The molecule has 3 nitrogen and oxygen atoms in total. The van der Waals surface area contributed by atoms with Crippen LogP contribution in [0.5, 0.6) is 0 Å². The van der Waals surface area contributed by atoms with Crippen LogP contribution in [0.1, 0.15) is 0 Å². The lowest BCUT2D eigenvalue weighted by atomic mass is 10.3. The molecule has 0 unspecified atom stereocenters. The van der Waals surface area contributed by atoms with E-state index in [1.54, 1.807) is 0 Å². The van der Waals surface area contributed by atoms with E-state index in [-0.39, 0.29) is 5.75 Å². The maximum atomic E-state index is 11.9. The molecule has 1 heterocycles. The summed E-state index contributed by atoms with van der Waals surface area (Å²) in [7, 11) is 0. The third kappa shape index (κ3) is 2.04. The first-order chi connectivity index (χ1) is 5.41. The van der Waals surface area contributed by atoms with Crippen molar-refractivity contribution in [3.05, 3.63) is 0 Å². The Hall–Kier alpha value is -0.430. The number of carboxylic acids is 1. The minimum absolute atomic E-state index is 0.0491. The third-order valence-corrected chi connectivity index (χ3v) is 2.82. The zero-order valence-corrected chi connectivity index (χ0v) is 6.61. The molecule has 1 saturated heterocycles. The molecule has 0 aromatic rings. The topological polar surface area (TPSA) is 56.7 Å².